The van der Waals surface area contributed by atoms with Crippen LogP contribution in [-0.2, 0) is 4.79 Å². The van der Waals surface area contributed by atoms with Crippen molar-refractivity contribution in [2.45, 2.75) is 38.3 Å². The average molecular weight is 230 g/mol. The molecule has 0 aliphatic heterocycles. The van der Waals surface area contributed by atoms with E-state index in [1.54, 1.807) is 0 Å². The van der Waals surface area contributed by atoms with Gasteiger partial charge in [-0.05, 0) is 18.8 Å². The number of aliphatic hydroxyl groups excluding tert-OH is 1. The predicted molar refractivity (Wildman–Crippen MR) is 57.0 cm³/mol. The Hall–Kier alpha value is -1.30. The molecular formula is C10H18N2O4. The molecule has 0 radical (unpaired) electrons. The number of urea groups is 1. The zero-order valence-electron chi connectivity index (χ0n) is 9.27. The van der Waals surface area contributed by atoms with Crippen molar-refractivity contribution in [3.8, 4) is 0 Å². The summed E-state index contributed by atoms with van der Waals surface area (Å²) in [4.78, 5) is 22.1. The highest BCUT2D eigenvalue weighted by atomic mass is 16.4. The molecule has 0 unspecified atom stereocenters. The Morgan fingerprint density at radius 3 is 2.50 bits per heavy atom. The molecule has 4 N–H and O–H groups in total. The standard InChI is InChI=1S/C10H18N2O4/c1-6-4-7(5-6)11-10(16)12-8(2-3-13)9(14)15/h6-8,13H,2-5H2,1H3,(H,14,15)(H2,11,12,16)/t6?,7?,8-/m0/s1. The van der Waals surface area contributed by atoms with Crippen molar-refractivity contribution < 1.29 is 19.8 Å². The van der Waals surface area contributed by atoms with Crippen LogP contribution in [0.2, 0.25) is 0 Å². The molecule has 6 nitrogen and oxygen atoms in total. The normalized spacial score (nSPS) is 25.4. The van der Waals surface area contributed by atoms with Crippen molar-refractivity contribution in [2.24, 2.45) is 5.92 Å². The highest BCUT2D eigenvalue weighted by Gasteiger charge is 2.28. The van der Waals surface area contributed by atoms with Crippen molar-refractivity contribution in [1.82, 2.24) is 10.6 Å². The van der Waals surface area contributed by atoms with E-state index in [0.29, 0.717) is 5.92 Å². The highest BCUT2D eigenvalue weighted by molar-refractivity contribution is 5.82. The van der Waals surface area contributed by atoms with Gasteiger partial charge in [0.2, 0.25) is 0 Å². The maximum atomic E-state index is 11.4. The second-order valence-corrected chi connectivity index (χ2v) is 4.29. The van der Waals surface area contributed by atoms with E-state index in [0.717, 1.165) is 12.8 Å². The third kappa shape index (κ3) is 3.69. The van der Waals surface area contributed by atoms with Crippen molar-refractivity contribution in [1.29, 1.82) is 0 Å². The van der Waals surface area contributed by atoms with Gasteiger partial charge in [-0.15, -0.1) is 0 Å². The second-order valence-electron chi connectivity index (χ2n) is 4.29. The molecule has 0 bridgehead atoms. The van der Waals surface area contributed by atoms with Gasteiger partial charge >= 0.3 is 12.0 Å². The van der Waals surface area contributed by atoms with Crippen molar-refractivity contribution in [3.63, 3.8) is 0 Å². The molecular weight excluding hydrogens is 212 g/mol. The van der Waals surface area contributed by atoms with Crippen LogP contribution in [0.15, 0.2) is 0 Å². The Bertz CT molecular complexity index is 264. The van der Waals surface area contributed by atoms with Gasteiger partial charge in [-0.1, -0.05) is 6.92 Å². The third-order valence-electron chi connectivity index (χ3n) is 2.73. The number of aliphatic carboxylic acids is 1. The molecule has 16 heavy (non-hydrogen) atoms. The van der Waals surface area contributed by atoms with E-state index in [9.17, 15) is 9.59 Å². The Kier molecular flexibility index (Phi) is 4.54. The molecule has 1 atom stereocenters. The number of carbonyl (C=O) groups is 2. The maximum Gasteiger partial charge on any atom is 0.326 e. The molecule has 0 aromatic carbocycles. The van der Waals surface area contributed by atoms with E-state index in [1.807, 2.05) is 0 Å². The van der Waals surface area contributed by atoms with Gasteiger partial charge in [0, 0.05) is 19.1 Å². The smallest absolute Gasteiger partial charge is 0.326 e. The van der Waals surface area contributed by atoms with Gasteiger partial charge in [0.05, 0.1) is 0 Å². The minimum atomic E-state index is -1.13. The fourth-order valence-corrected chi connectivity index (χ4v) is 1.79. The summed E-state index contributed by atoms with van der Waals surface area (Å²) < 4.78 is 0. The molecule has 2 amide bonds. The summed E-state index contributed by atoms with van der Waals surface area (Å²) in [7, 11) is 0. The van der Waals surface area contributed by atoms with E-state index in [2.05, 4.69) is 17.6 Å². The zero-order valence-corrected chi connectivity index (χ0v) is 9.27. The number of rotatable bonds is 5. The molecule has 1 rings (SSSR count). The molecule has 0 heterocycles. The fraction of sp³-hybridized carbons (Fsp3) is 0.800. The quantitative estimate of drug-likeness (QED) is 0.531. The van der Waals surface area contributed by atoms with Crippen molar-refractivity contribution in [2.75, 3.05) is 6.61 Å². The van der Waals surface area contributed by atoms with Crippen LogP contribution in [0.1, 0.15) is 26.2 Å². The van der Waals surface area contributed by atoms with Gasteiger partial charge in [0.1, 0.15) is 6.04 Å². The Balaban J connectivity index is 2.28. The van der Waals surface area contributed by atoms with Crippen LogP contribution in [0.25, 0.3) is 0 Å². The number of aliphatic hydroxyl groups is 1. The first-order chi connectivity index (χ1) is 7.52. The fourth-order valence-electron chi connectivity index (χ4n) is 1.79. The number of hydrogen-bond acceptors (Lipinski definition) is 3. The average Bonchev–Trinajstić information content (AvgIpc) is 2.14. The minimum Gasteiger partial charge on any atom is -0.480 e. The summed E-state index contributed by atoms with van der Waals surface area (Å²) in [5.41, 5.74) is 0. The van der Waals surface area contributed by atoms with Crippen molar-refractivity contribution >= 4 is 12.0 Å². The lowest BCUT2D eigenvalue weighted by atomic mass is 9.82. The first-order valence-corrected chi connectivity index (χ1v) is 5.43. The number of amides is 2. The maximum absolute atomic E-state index is 11.4. The molecule has 6 heteroatoms. The molecule has 0 spiro atoms. The van der Waals surface area contributed by atoms with Crippen LogP contribution < -0.4 is 10.6 Å². The van der Waals surface area contributed by atoms with E-state index in [-0.39, 0.29) is 19.1 Å². The van der Waals surface area contributed by atoms with Gasteiger partial charge in [0.15, 0.2) is 0 Å². The monoisotopic (exact) mass is 230 g/mol. The van der Waals surface area contributed by atoms with E-state index in [1.165, 1.54) is 0 Å². The Labute approximate surface area is 94.0 Å². The highest BCUT2D eigenvalue weighted by Crippen LogP contribution is 2.25. The molecule has 1 aliphatic carbocycles. The summed E-state index contributed by atoms with van der Waals surface area (Å²) >= 11 is 0. The summed E-state index contributed by atoms with van der Waals surface area (Å²) in [6, 6.07) is -1.35. The molecule has 1 aliphatic rings. The largest absolute Gasteiger partial charge is 0.480 e. The first-order valence-electron chi connectivity index (χ1n) is 5.43. The van der Waals surface area contributed by atoms with E-state index < -0.39 is 18.0 Å². The molecule has 92 valence electrons. The van der Waals surface area contributed by atoms with Crippen LogP contribution in [0.3, 0.4) is 0 Å². The summed E-state index contributed by atoms with van der Waals surface area (Å²) in [6.45, 7) is 1.83. The number of hydrogen-bond donors (Lipinski definition) is 4. The van der Waals surface area contributed by atoms with E-state index in [4.69, 9.17) is 10.2 Å². The Morgan fingerprint density at radius 2 is 2.06 bits per heavy atom. The van der Waals surface area contributed by atoms with Gasteiger partial charge < -0.3 is 20.8 Å². The van der Waals surface area contributed by atoms with Crippen LogP contribution in [0.5, 0.6) is 0 Å². The first kappa shape index (κ1) is 12.8. The number of carboxylic acids is 1. The summed E-state index contributed by atoms with van der Waals surface area (Å²) in [5.74, 6) is -0.510. The zero-order chi connectivity index (χ0) is 12.1. The minimum absolute atomic E-state index is 0.0177. The Morgan fingerprint density at radius 1 is 1.44 bits per heavy atom. The molecule has 0 aromatic heterocycles. The van der Waals surface area contributed by atoms with Crippen LogP contribution in [0, 0.1) is 5.92 Å². The predicted octanol–water partition coefficient (Wildman–Crippen LogP) is -0.0803. The van der Waals surface area contributed by atoms with Gasteiger partial charge in [-0.25, -0.2) is 9.59 Å². The van der Waals surface area contributed by atoms with Crippen LogP contribution in [0.4, 0.5) is 4.79 Å². The number of carboxylic acid groups (broad SMARTS) is 1. The van der Waals surface area contributed by atoms with Crippen LogP contribution in [-0.4, -0.2) is 40.9 Å². The lowest BCUT2D eigenvalue weighted by Crippen LogP contribution is -2.52. The van der Waals surface area contributed by atoms with Gasteiger partial charge in [0.25, 0.3) is 0 Å². The second kappa shape index (κ2) is 5.69. The lowest BCUT2D eigenvalue weighted by molar-refractivity contribution is -0.139. The SMILES string of the molecule is CC1CC(NC(=O)N[C@@H](CCO)C(=O)O)C1. The summed E-state index contributed by atoms with van der Waals surface area (Å²) in [5, 5.41) is 22.4. The summed E-state index contributed by atoms with van der Waals surface area (Å²) in [6.07, 6.45) is 1.89. The van der Waals surface area contributed by atoms with E-state index >= 15 is 0 Å². The van der Waals surface area contributed by atoms with Gasteiger partial charge in [-0.3, -0.25) is 0 Å². The number of carbonyl (C=O) groups excluding carboxylic acids is 1. The van der Waals surface area contributed by atoms with Crippen LogP contribution >= 0.6 is 0 Å². The topological polar surface area (TPSA) is 98.7 Å². The van der Waals surface area contributed by atoms with Crippen molar-refractivity contribution in [3.05, 3.63) is 0 Å². The number of nitrogens with one attached hydrogen (secondary N) is 2. The molecule has 1 saturated carbocycles. The van der Waals surface area contributed by atoms with Gasteiger partial charge in [-0.2, -0.15) is 0 Å². The third-order valence-corrected chi connectivity index (χ3v) is 2.73. The lowest BCUT2D eigenvalue weighted by Gasteiger charge is -2.33. The molecule has 1 fully saturated rings. The molecule has 0 aromatic rings. The molecule has 0 saturated heterocycles.